The maximum Gasteiger partial charge on any atom is 0.300 e. The van der Waals surface area contributed by atoms with Crippen LogP contribution in [-0.2, 0) is 30.6 Å². The van der Waals surface area contributed by atoms with Crippen LogP contribution >= 0.6 is 0 Å². The lowest BCUT2D eigenvalue weighted by atomic mass is 10.1. The molecule has 3 rings (SSSR count). The van der Waals surface area contributed by atoms with Gasteiger partial charge >= 0.3 is 0 Å². The van der Waals surface area contributed by atoms with Crippen LogP contribution in [0.4, 0.5) is 5.95 Å². The second kappa shape index (κ2) is 14.1. The lowest BCUT2D eigenvalue weighted by molar-refractivity contribution is -0.134. The van der Waals surface area contributed by atoms with Crippen LogP contribution in [-0.4, -0.2) is 33.7 Å². The molecule has 1 heterocycles. The number of rotatable bonds is 10. The molecule has 0 aliphatic rings. The van der Waals surface area contributed by atoms with E-state index in [9.17, 15) is 0 Å². The molecule has 188 valence electrons. The quantitative estimate of drug-likeness (QED) is 0.384. The highest BCUT2D eigenvalue weighted by Gasteiger charge is 2.12. The molecule has 6 heteroatoms. The first-order chi connectivity index (χ1) is 16.7. The molecule has 35 heavy (non-hydrogen) atoms. The zero-order valence-corrected chi connectivity index (χ0v) is 21.9. The van der Waals surface area contributed by atoms with E-state index in [1.54, 1.807) is 0 Å². The number of ether oxygens (including phenoxy) is 1. The molecule has 0 fully saturated rings. The Kier molecular flexibility index (Phi) is 11.2. The van der Waals surface area contributed by atoms with Gasteiger partial charge in [0, 0.05) is 32.4 Å². The van der Waals surface area contributed by atoms with Crippen molar-refractivity contribution in [3.05, 3.63) is 82.7 Å². The first-order valence-electron chi connectivity index (χ1n) is 12.3. The third-order valence-electron chi connectivity index (χ3n) is 5.46. The maximum atomic E-state index is 9.00. The number of hydrogen-bond donors (Lipinski definition) is 1. The van der Waals surface area contributed by atoms with Gasteiger partial charge in [0.1, 0.15) is 5.75 Å². The van der Waals surface area contributed by atoms with E-state index in [0.29, 0.717) is 0 Å². The summed E-state index contributed by atoms with van der Waals surface area (Å²) in [6.07, 6.45) is 7.00. The number of carbonyl (C=O) groups is 1. The minimum atomic E-state index is -0.833. The van der Waals surface area contributed by atoms with Crippen LogP contribution in [0.2, 0.25) is 0 Å². The highest BCUT2D eigenvalue weighted by atomic mass is 16.5. The van der Waals surface area contributed by atoms with Crippen LogP contribution in [0, 0.1) is 6.92 Å². The van der Waals surface area contributed by atoms with Gasteiger partial charge < -0.3 is 14.7 Å². The number of anilines is 1. The molecule has 2 aromatic carbocycles. The van der Waals surface area contributed by atoms with E-state index in [1.807, 2.05) is 12.4 Å². The molecule has 3 aromatic rings. The van der Waals surface area contributed by atoms with Gasteiger partial charge in [-0.05, 0) is 73.9 Å². The van der Waals surface area contributed by atoms with E-state index < -0.39 is 5.97 Å². The molecule has 0 amide bonds. The first kappa shape index (κ1) is 27.8. The van der Waals surface area contributed by atoms with E-state index in [2.05, 4.69) is 92.0 Å². The summed E-state index contributed by atoms with van der Waals surface area (Å²) in [6, 6.07) is 15.3. The number of nitrogens with zero attached hydrogens (tertiary/aromatic N) is 3. The standard InChI is InChI=1S/C27H35N3O.C2H4O2/c1-6-22-8-10-25(11-9-22)19-30(27-28-17-23(7-2)18-29-27)15-14-24-12-13-26(21(5)16-24)31-20(3)4;1-2(3)4/h8-13,16-18,20H,6-7,14-15,19H2,1-5H3;1H3,(H,3,4). The summed E-state index contributed by atoms with van der Waals surface area (Å²) in [7, 11) is 0. The molecule has 0 aliphatic carbocycles. The van der Waals surface area contributed by atoms with Gasteiger partial charge in [-0.25, -0.2) is 9.97 Å². The number of aryl methyl sites for hydroxylation is 3. The highest BCUT2D eigenvalue weighted by molar-refractivity contribution is 5.63. The Morgan fingerprint density at radius 3 is 2.00 bits per heavy atom. The fourth-order valence-corrected chi connectivity index (χ4v) is 3.56. The molecule has 0 bridgehead atoms. The van der Waals surface area contributed by atoms with Gasteiger partial charge in [0.15, 0.2) is 0 Å². The van der Waals surface area contributed by atoms with Crippen molar-refractivity contribution in [2.75, 3.05) is 11.4 Å². The number of aromatic nitrogens is 2. The van der Waals surface area contributed by atoms with E-state index in [-0.39, 0.29) is 6.10 Å². The molecule has 6 nitrogen and oxygen atoms in total. The molecule has 1 aromatic heterocycles. The summed E-state index contributed by atoms with van der Waals surface area (Å²) < 4.78 is 5.88. The lowest BCUT2D eigenvalue weighted by Gasteiger charge is -2.23. The molecule has 0 unspecified atom stereocenters. The van der Waals surface area contributed by atoms with Crippen LogP contribution in [0.1, 0.15) is 62.4 Å². The van der Waals surface area contributed by atoms with Gasteiger partial charge in [-0.3, -0.25) is 4.79 Å². The number of carboxylic acids is 1. The smallest absolute Gasteiger partial charge is 0.300 e. The van der Waals surface area contributed by atoms with Crippen molar-refractivity contribution in [2.24, 2.45) is 0 Å². The first-order valence-corrected chi connectivity index (χ1v) is 12.3. The molecule has 0 saturated carbocycles. The second-order valence-electron chi connectivity index (χ2n) is 8.87. The number of hydrogen-bond acceptors (Lipinski definition) is 5. The Morgan fingerprint density at radius 1 is 0.943 bits per heavy atom. The minimum Gasteiger partial charge on any atom is -0.491 e. The van der Waals surface area contributed by atoms with Gasteiger partial charge in [0.05, 0.1) is 6.10 Å². The monoisotopic (exact) mass is 477 g/mol. The van der Waals surface area contributed by atoms with Crippen molar-refractivity contribution >= 4 is 11.9 Å². The largest absolute Gasteiger partial charge is 0.491 e. The zero-order chi connectivity index (χ0) is 25.8. The van der Waals surface area contributed by atoms with Crippen molar-refractivity contribution in [1.29, 1.82) is 0 Å². The Balaban J connectivity index is 0.00000100. The summed E-state index contributed by atoms with van der Waals surface area (Å²) in [4.78, 5) is 20.6. The van der Waals surface area contributed by atoms with Crippen molar-refractivity contribution < 1.29 is 14.6 Å². The molecule has 0 aliphatic heterocycles. The Bertz CT molecular complexity index is 1040. The van der Waals surface area contributed by atoms with Gasteiger partial charge in [0.25, 0.3) is 5.97 Å². The van der Waals surface area contributed by atoms with Gasteiger partial charge in [-0.1, -0.05) is 50.2 Å². The Labute approximate surface area is 210 Å². The number of benzene rings is 2. The van der Waals surface area contributed by atoms with E-state index in [0.717, 1.165) is 56.5 Å². The summed E-state index contributed by atoms with van der Waals surface area (Å²) in [6.45, 7) is 13.3. The van der Waals surface area contributed by atoms with E-state index in [4.69, 9.17) is 14.6 Å². The number of aliphatic carboxylic acids is 1. The molecule has 0 spiro atoms. The lowest BCUT2D eigenvalue weighted by Crippen LogP contribution is -2.27. The average Bonchev–Trinajstić information content (AvgIpc) is 2.83. The Morgan fingerprint density at radius 2 is 1.49 bits per heavy atom. The van der Waals surface area contributed by atoms with Crippen LogP contribution in [0.3, 0.4) is 0 Å². The van der Waals surface area contributed by atoms with Crippen LogP contribution in [0.5, 0.6) is 5.75 Å². The number of carboxylic acid groups (broad SMARTS) is 1. The predicted molar refractivity (Wildman–Crippen MR) is 142 cm³/mol. The third-order valence-corrected chi connectivity index (χ3v) is 5.46. The summed E-state index contributed by atoms with van der Waals surface area (Å²) in [5, 5.41) is 7.42. The maximum absolute atomic E-state index is 9.00. The van der Waals surface area contributed by atoms with Gasteiger partial charge in [-0.15, -0.1) is 0 Å². The molecular formula is C29H39N3O3. The molecular weight excluding hydrogens is 438 g/mol. The SMILES string of the molecule is CC(=O)O.CCc1ccc(CN(CCc2ccc(OC(C)C)c(C)c2)c2ncc(CC)cn2)cc1. The average molecular weight is 478 g/mol. The van der Waals surface area contributed by atoms with Crippen molar-refractivity contribution in [3.8, 4) is 5.75 Å². The van der Waals surface area contributed by atoms with E-state index in [1.165, 1.54) is 22.3 Å². The molecule has 0 radical (unpaired) electrons. The van der Waals surface area contributed by atoms with E-state index >= 15 is 0 Å². The fourth-order valence-electron chi connectivity index (χ4n) is 3.56. The normalized spacial score (nSPS) is 10.5. The zero-order valence-electron chi connectivity index (χ0n) is 21.9. The summed E-state index contributed by atoms with van der Waals surface area (Å²) in [5.74, 6) is 0.915. The molecule has 0 atom stereocenters. The molecule has 1 N–H and O–H groups in total. The second-order valence-corrected chi connectivity index (χ2v) is 8.87. The Hall–Kier alpha value is -3.41. The topological polar surface area (TPSA) is 75.5 Å². The molecule has 0 saturated heterocycles. The third kappa shape index (κ3) is 9.77. The van der Waals surface area contributed by atoms with Crippen LogP contribution in [0.15, 0.2) is 54.9 Å². The van der Waals surface area contributed by atoms with Crippen molar-refractivity contribution in [3.63, 3.8) is 0 Å². The predicted octanol–water partition coefficient (Wildman–Crippen LogP) is 6.04. The summed E-state index contributed by atoms with van der Waals surface area (Å²) in [5.41, 5.74) is 6.27. The summed E-state index contributed by atoms with van der Waals surface area (Å²) >= 11 is 0. The van der Waals surface area contributed by atoms with Crippen LogP contribution < -0.4 is 9.64 Å². The van der Waals surface area contributed by atoms with Gasteiger partial charge in [0.2, 0.25) is 5.95 Å². The highest BCUT2D eigenvalue weighted by Crippen LogP contribution is 2.22. The minimum absolute atomic E-state index is 0.183. The van der Waals surface area contributed by atoms with Crippen LogP contribution in [0.25, 0.3) is 0 Å². The fraction of sp³-hybridized carbons (Fsp3) is 0.414. The van der Waals surface area contributed by atoms with Crippen molar-refractivity contribution in [1.82, 2.24) is 9.97 Å². The van der Waals surface area contributed by atoms with Crippen molar-refractivity contribution in [2.45, 2.75) is 73.5 Å². The van der Waals surface area contributed by atoms with Gasteiger partial charge in [-0.2, -0.15) is 0 Å².